The summed E-state index contributed by atoms with van der Waals surface area (Å²) in [5.74, 6) is 0.911. The van der Waals surface area contributed by atoms with Crippen molar-refractivity contribution in [2.45, 2.75) is 37.0 Å². The molecule has 0 radical (unpaired) electrons. The summed E-state index contributed by atoms with van der Waals surface area (Å²) in [4.78, 5) is 5.49. The van der Waals surface area contributed by atoms with Gasteiger partial charge in [0.15, 0.2) is 6.17 Å². The van der Waals surface area contributed by atoms with Gasteiger partial charge in [-0.25, -0.2) is 4.99 Å². The van der Waals surface area contributed by atoms with Crippen molar-refractivity contribution in [3.05, 3.63) is 238 Å². The fraction of sp³-hybridized carbons (Fsp3) is 0.109. The number of hydrogen-bond acceptors (Lipinski definition) is 2. The van der Waals surface area contributed by atoms with Gasteiger partial charge < -0.3 is 5.32 Å². The largest absolute Gasteiger partial charge is 0.317 e. The van der Waals surface area contributed by atoms with Crippen LogP contribution in [-0.4, -0.2) is 5.84 Å². The van der Waals surface area contributed by atoms with Gasteiger partial charge in [-0.2, -0.15) is 0 Å². The summed E-state index contributed by atoms with van der Waals surface area (Å²) in [6, 6.07) is 69.9. The lowest BCUT2D eigenvalue weighted by Gasteiger charge is -2.46. The number of nitrogens with zero attached hydrogens (tertiary/aromatic N) is 1. The van der Waals surface area contributed by atoms with Crippen LogP contribution >= 0.6 is 0 Å². The second kappa shape index (κ2) is 12.3. The molecule has 9 aromatic rings. The number of hydrogen-bond donors (Lipinski definition) is 2. The molecule has 2 unspecified atom stereocenters. The Morgan fingerprint density at radius 3 is 1.64 bits per heavy atom. The van der Waals surface area contributed by atoms with Gasteiger partial charge in [0.25, 0.3) is 0 Å². The van der Waals surface area contributed by atoms with E-state index in [1.807, 2.05) is 0 Å². The van der Waals surface area contributed by atoms with Gasteiger partial charge in [-0.05, 0) is 82.9 Å². The molecule has 1 aliphatic heterocycles. The second-order valence-corrected chi connectivity index (χ2v) is 16.8. The predicted octanol–water partition coefficient (Wildman–Crippen LogP) is 11.5. The first-order valence-electron chi connectivity index (χ1n) is 20.5. The van der Waals surface area contributed by atoms with Gasteiger partial charge >= 0.3 is 0 Å². The molecular weight excluding hydrogens is 703 g/mol. The van der Waals surface area contributed by atoms with E-state index in [1.54, 1.807) is 0 Å². The van der Waals surface area contributed by atoms with Crippen LogP contribution in [0.2, 0.25) is 0 Å². The highest BCUT2D eigenvalue weighted by atomic mass is 15.3. The standard InChI is InChI=1S/C55H41N3/c1-54(2)45-26-12-14-28-47(45)55(48-29-15-13-27-46(48)54)44-25-11-10-23-41(44)50-42(24-16-30-49(50)55)53-57-51(34-17-4-3-5-18-34)56-52(58-53)35-31-32-40-38-21-7-6-19-36(38)37-20-8-9-22-39(37)43(40)33-35/h3-33,51,53,57H,1-2H3,(H,56,58)/p+1. The number of amidine groups is 1. The maximum absolute atomic E-state index is 5.49. The Kier molecular flexibility index (Phi) is 7.10. The Morgan fingerprint density at radius 2 is 0.983 bits per heavy atom. The molecular formula is C55H42N3+. The Labute approximate surface area is 338 Å². The molecule has 58 heavy (non-hydrogen) atoms. The van der Waals surface area contributed by atoms with E-state index in [0.29, 0.717) is 0 Å². The molecule has 3 nitrogen and oxygen atoms in total. The van der Waals surface area contributed by atoms with Gasteiger partial charge in [-0.15, -0.1) is 0 Å². The second-order valence-electron chi connectivity index (χ2n) is 16.8. The minimum atomic E-state index is -0.447. The van der Waals surface area contributed by atoms with Crippen molar-refractivity contribution in [2.75, 3.05) is 0 Å². The molecule has 3 aliphatic rings. The number of quaternary nitrogens is 1. The minimum absolute atomic E-state index is 0.106. The lowest BCUT2D eigenvalue weighted by atomic mass is 9.55. The van der Waals surface area contributed by atoms with Crippen LogP contribution in [0.3, 0.4) is 0 Å². The Morgan fingerprint density at radius 1 is 0.466 bits per heavy atom. The molecule has 2 aliphatic carbocycles. The number of fused-ring (bicyclic) bond motifs is 15. The minimum Gasteiger partial charge on any atom is -0.317 e. The summed E-state index contributed by atoms with van der Waals surface area (Å²) in [5, 5.41) is 14.0. The molecule has 3 heteroatoms. The van der Waals surface area contributed by atoms with Crippen molar-refractivity contribution in [2.24, 2.45) is 4.99 Å². The van der Waals surface area contributed by atoms with Crippen LogP contribution in [0.15, 0.2) is 193 Å². The summed E-state index contributed by atoms with van der Waals surface area (Å²) in [5.41, 5.74) is 13.8. The average molecular weight is 745 g/mol. The lowest BCUT2D eigenvalue weighted by Crippen LogP contribution is -2.90. The third-order valence-electron chi connectivity index (χ3n) is 13.5. The van der Waals surface area contributed by atoms with E-state index in [2.05, 4.69) is 213 Å². The van der Waals surface area contributed by atoms with Crippen LogP contribution in [0.1, 0.15) is 76.3 Å². The smallest absolute Gasteiger partial charge is 0.209 e. The van der Waals surface area contributed by atoms with Crippen LogP contribution in [0.25, 0.3) is 43.4 Å². The highest BCUT2D eigenvalue weighted by molar-refractivity contribution is 6.26. The molecule has 12 rings (SSSR count). The third-order valence-corrected chi connectivity index (χ3v) is 13.5. The van der Waals surface area contributed by atoms with Crippen molar-refractivity contribution < 1.29 is 5.32 Å². The van der Waals surface area contributed by atoms with E-state index in [0.717, 1.165) is 11.4 Å². The zero-order valence-electron chi connectivity index (χ0n) is 32.6. The van der Waals surface area contributed by atoms with Crippen molar-refractivity contribution in [3.63, 3.8) is 0 Å². The zero-order chi connectivity index (χ0) is 38.6. The monoisotopic (exact) mass is 744 g/mol. The Hall–Kier alpha value is -6.81. The number of aliphatic imine (C=N–C) groups is 1. The van der Waals surface area contributed by atoms with Gasteiger partial charge in [0.05, 0.1) is 5.41 Å². The first kappa shape index (κ1) is 33.3. The highest BCUT2D eigenvalue weighted by Crippen LogP contribution is 2.62. The van der Waals surface area contributed by atoms with E-state index in [4.69, 9.17) is 4.99 Å². The van der Waals surface area contributed by atoms with Gasteiger partial charge in [0.2, 0.25) is 6.17 Å². The highest BCUT2D eigenvalue weighted by Gasteiger charge is 2.54. The Bertz CT molecular complexity index is 3090. The average Bonchev–Trinajstić information content (AvgIpc) is 3.59. The molecule has 0 fully saturated rings. The normalized spacial score (nSPS) is 18.3. The molecule has 276 valence electrons. The van der Waals surface area contributed by atoms with Crippen LogP contribution in [0.5, 0.6) is 0 Å². The van der Waals surface area contributed by atoms with Crippen molar-refractivity contribution >= 4 is 38.2 Å². The molecule has 1 spiro atoms. The predicted molar refractivity (Wildman–Crippen MR) is 238 cm³/mol. The fourth-order valence-corrected chi connectivity index (χ4v) is 11.0. The molecule has 1 heterocycles. The molecule has 0 bridgehead atoms. The molecule has 0 saturated heterocycles. The van der Waals surface area contributed by atoms with E-state index >= 15 is 0 Å². The zero-order valence-corrected chi connectivity index (χ0v) is 32.6. The van der Waals surface area contributed by atoms with Crippen LogP contribution in [0, 0.1) is 0 Å². The van der Waals surface area contributed by atoms with Crippen LogP contribution < -0.4 is 10.6 Å². The maximum atomic E-state index is 5.49. The fourth-order valence-electron chi connectivity index (χ4n) is 11.0. The van der Waals surface area contributed by atoms with Gasteiger partial charge in [0.1, 0.15) is 5.84 Å². The molecule has 2 atom stereocenters. The first-order valence-corrected chi connectivity index (χ1v) is 20.5. The maximum Gasteiger partial charge on any atom is 0.209 e. The molecule has 0 saturated carbocycles. The van der Waals surface area contributed by atoms with Crippen LogP contribution in [0.4, 0.5) is 0 Å². The summed E-state index contributed by atoms with van der Waals surface area (Å²) in [6.45, 7) is 4.78. The van der Waals surface area contributed by atoms with Gasteiger partial charge in [-0.3, -0.25) is 5.32 Å². The number of nitrogens with two attached hydrogens (primary N) is 1. The lowest BCUT2D eigenvalue weighted by molar-refractivity contribution is -0.739. The van der Waals surface area contributed by atoms with E-state index in [-0.39, 0.29) is 17.7 Å². The molecule has 9 aromatic carbocycles. The summed E-state index contributed by atoms with van der Waals surface area (Å²) in [6.07, 6.45) is -0.240. The summed E-state index contributed by atoms with van der Waals surface area (Å²) in [7, 11) is 0. The first-order chi connectivity index (χ1) is 28.5. The topological polar surface area (TPSA) is 41.0 Å². The number of nitrogens with one attached hydrogen (secondary N) is 1. The number of rotatable bonds is 3. The molecule has 0 aromatic heterocycles. The van der Waals surface area contributed by atoms with Crippen molar-refractivity contribution in [1.29, 1.82) is 0 Å². The summed E-state index contributed by atoms with van der Waals surface area (Å²) >= 11 is 0. The van der Waals surface area contributed by atoms with Crippen LogP contribution in [-0.2, 0) is 10.8 Å². The van der Waals surface area contributed by atoms with Gasteiger partial charge in [-0.1, -0.05) is 196 Å². The third kappa shape index (κ3) is 4.51. The Balaban J connectivity index is 1.07. The molecule has 0 amide bonds. The van der Waals surface area contributed by atoms with E-state index in [1.165, 1.54) is 88.0 Å². The molecule has 3 N–H and O–H groups in total. The number of benzene rings is 9. The van der Waals surface area contributed by atoms with E-state index in [9.17, 15) is 0 Å². The van der Waals surface area contributed by atoms with Crippen molar-refractivity contribution in [3.8, 4) is 11.1 Å². The van der Waals surface area contributed by atoms with Crippen molar-refractivity contribution in [1.82, 2.24) is 5.32 Å². The van der Waals surface area contributed by atoms with E-state index < -0.39 is 5.41 Å². The quantitative estimate of drug-likeness (QED) is 0.174. The summed E-state index contributed by atoms with van der Waals surface area (Å²) < 4.78 is 0. The SMILES string of the molecule is CC1(C)c2ccccc2C2(c3ccccc3-c3c(C4NC(c5ccc6c7ccccc7c7ccccc7c6c5)=NC(c5ccccc5)[NH2+]4)cccc32)c2ccccc21. The van der Waals surface area contributed by atoms with Gasteiger partial charge in [0, 0.05) is 22.1 Å².